The lowest BCUT2D eigenvalue weighted by atomic mass is 10.0. The molecule has 40 heavy (non-hydrogen) atoms. The second kappa shape index (κ2) is 10.4. The van der Waals surface area contributed by atoms with Crippen molar-refractivity contribution in [3.63, 3.8) is 0 Å². The fourth-order valence-corrected chi connectivity index (χ4v) is 5.18. The number of fused-ring (bicyclic) bond motifs is 1. The number of carbonyl (C=O) groups is 1. The number of nitrogens with zero attached hydrogens (tertiary/aromatic N) is 4. The summed E-state index contributed by atoms with van der Waals surface area (Å²) >= 11 is 0. The SMILES string of the molecule is CNC(=O)N1CCc2c(-c3cc(OC)cc(OC)c3)nn(-c3cc(N4CC[C@H](O)C4)ccc3C(F)(F)F)c(=O)c21. The molecule has 0 unspecified atom stereocenters. The molecule has 2 amide bonds. The summed E-state index contributed by atoms with van der Waals surface area (Å²) in [6.07, 6.45) is -4.69. The minimum absolute atomic E-state index is 0.0544. The van der Waals surface area contributed by atoms with Crippen LogP contribution in [0.2, 0.25) is 0 Å². The first-order chi connectivity index (χ1) is 19.0. The van der Waals surface area contributed by atoms with E-state index in [0.717, 1.165) is 6.07 Å². The van der Waals surface area contributed by atoms with Crippen molar-refractivity contribution in [3.8, 4) is 28.4 Å². The van der Waals surface area contributed by atoms with Crippen LogP contribution in [-0.4, -0.2) is 67.9 Å². The van der Waals surface area contributed by atoms with Crippen LogP contribution in [0.3, 0.4) is 0 Å². The smallest absolute Gasteiger partial charge is 0.418 e. The Balaban J connectivity index is 1.81. The Morgan fingerprint density at radius 3 is 2.38 bits per heavy atom. The number of alkyl halides is 3. The Labute approximate surface area is 227 Å². The van der Waals surface area contributed by atoms with E-state index in [1.54, 1.807) is 23.1 Å². The lowest BCUT2D eigenvalue weighted by molar-refractivity contribution is -0.137. The molecule has 1 fully saturated rings. The summed E-state index contributed by atoms with van der Waals surface area (Å²) < 4.78 is 54.3. The molecule has 0 radical (unpaired) electrons. The maximum atomic E-state index is 14.3. The number of amides is 2. The van der Waals surface area contributed by atoms with E-state index in [1.165, 1.54) is 38.3 Å². The summed E-state index contributed by atoms with van der Waals surface area (Å²) in [4.78, 5) is 29.6. The van der Waals surface area contributed by atoms with Crippen LogP contribution in [0, 0.1) is 0 Å². The van der Waals surface area contributed by atoms with Crippen molar-refractivity contribution in [3.05, 3.63) is 57.9 Å². The number of aliphatic hydroxyl groups is 1. The largest absolute Gasteiger partial charge is 0.497 e. The van der Waals surface area contributed by atoms with Gasteiger partial charge >= 0.3 is 12.2 Å². The summed E-state index contributed by atoms with van der Waals surface area (Å²) in [6.45, 7) is 0.830. The minimum Gasteiger partial charge on any atom is -0.497 e. The van der Waals surface area contributed by atoms with Crippen LogP contribution in [-0.2, 0) is 12.6 Å². The fraction of sp³-hybridized carbons (Fsp3) is 0.370. The molecule has 3 aromatic rings. The zero-order chi connectivity index (χ0) is 28.8. The van der Waals surface area contributed by atoms with E-state index in [-0.39, 0.29) is 30.9 Å². The topological polar surface area (TPSA) is 109 Å². The summed E-state index contributed by atoms with van der Waals surface area (Å²) in [7, 11) is 4.33. The number of aromatic nitrogens is 2. The van der Waals surface area contributed by atoms with Gasteiger partial charge in [0.05, 0.1) is 37.3 Å². The van der Waals surface area contributed by atoms with Gasteiger partial charge in [-0.1, -0.05) is 0 Å². The Hall–Kier alpha value is -4.26. The first kappa shape index (κ1) is 27.3. The van der Waals surface area contributed by atoms with Gasteiger partial charge in [0.2, 0.25) is 0 Å². The van der Waals surface area contributed by atoms with Crippen molar-refractivity contribution in [1.29, 1.82) is 0 Å². The predicted octanol–water partition coefficient (Wildman–Crippen LogP) is 3.21. The summed E-state index contributed by atoms with van der Waals surface area (Å²) in [5.74, 6) is 0.823. The molecule has 10 nitrogen and oxygen atoms in total. The predicted molar refractivity (Wildman–Crippen MR) is 142 cm³/mol. The van der Waals surface area contributed by atoms with Crippen molar-refractivity contribution in [2.24, 2.45) is 0 Å². The van der Waals surface area contributed by atoms with Crippen molar-refractivity contribution in [1.82, 2.24) is 15.1 Å². The molecule has 2 aromatic carbocycles. The maximum Gasteiger partial charge on any atom is 0.418 e. The molecule has 0 saturated carbocycles. The lowest BCUT2D eigenvalue weighted by Crippen LogP contribution is -2.40. The van der Waals surface area contributed by atoms with Crippen LogP contribution >= 0.6 is 0 Å². The minimum atomic E-state index is -4.81. The van der Waals surface area contributed by atoms with E-state index in [1.807, 2.05) is 0 Å². The Kier molecular flexibility index (Phi) is 7.08. The van der Waals surface area contributed by atoms with Crippen LogP contribution < -0.4 is 30.1 Å². The van der Waals surface area contributed by atoms with Gasteiger partial charge in [-0.25, -0.2) is 4.79 Å². The number of rotatable bonds is 5. The molecule has 13 heteroatoms. The number of urea groups is 1. The molecule has 5 rings (SSSR count). The average molecular weight is 560 g/mol. The number of anilines is 2. The molecule has 2 aliphatic heterocycles. The quantitative estimate of drug-likeness (QED) is 0.494. The number of benzene rings is 2. The highest BCUT2D eigenvalue weighted by atomic mass is 19.4. The van der Waals surface area contributed by atoms with Crippen LogP contribution in [0.25, 0.3) is 16.9 Å². The van der Waals surface area contributed by atoms with Crippen molar-refractivity contribution >= 4 is 17.4 Å². The number of halogens is 3. The molecule has 2 aliphatic rings. The molecule has 0 spiro atoms. The van der Waals surface area contributed by atoms with Gasteiger partial charge < -0.3 is 24.8 Å². The van der Waals surface area contributed by atoms with Gasteiger partial charge in [-0.2, -0.15) is 23.0 Å². The first-order valence-corrected chi connectivity index (χ1v) is 12.6. The monoisotopic (exact) mass is 559 g/mol. The first-order valence-electron chi connectivity index (χ1n) is 12.6. The molecule has 0 bridgehead atoms. The number of aliphatic hydroxyl groups excluding tert-OH is 1. The Morgan fingerprint density at radius 1 is 1.10 bits per heavy atom. The van der Waals surface area contributed by atoms with E-state index >= 15 is 0 Å². The normalized spacial score (nSPS) is 16.7. The van der Waals surface area contributed by atoms with Crippen LogP contribution in [0.1, 0.15) is 17.5 Å². The van der Waals surface area contributed by atoms with Crippen molar-refractivity contribution in [2.75, 3.05) is 50.7 Å². The third-order valence-electron chi connectivity index (χ3n) is 7.15. The molecule has 2 N–H and O–H groups in total. The zero-order valence-corrected chi connectivity index (χ0v) is 22.1. The third kappa shape index (κ3) is 4.81. The number of hydrogen-bond acceptors (Lipinski definition) is 7. The van der Waals surface area contributed by atoms with E-state index in [2.05, 4.69) is 10.4 Å². The van der Waals surface area contributed by atoms with Gasteiger partial charge in [-0.05, 0) is 43.2 Å². The van der Waals surface area contributed by atoms with E-state index in [4.69, 9.17) is 9.47 Å². The number of ether oxygens (including phenoxy) is 2. The average Bonchev–Trinajstić information content (AvgIpc) is 3.59. The number of methoxy groups -OCH3 is 2. The van der Waals surface area contributed by atoms with E-state index in [0.29, 0.717) is 46.0 Å². The molecule has 1 aromatic heterocycles. The Morgan fingerprint density at radius 2 is 1.80 bits per heavy atom. The van der Waals surface area contributed by atoms with Crippen LogP contribution in [0.5, 0.6) is 11.5 Å². The summed E-state index contributed by atoms with van der Waals surface area (Å²) in [6, 6.07) is 7.79. The van der Waals surface area contributed by atoms with Gasteiger partial charge in [0.25, 0.3) is 5.56 Å². The standard InChI is InChI=1S/C27H28F3N5O5/c1-31-26(38)34-9-7-20-23(15-10-18(39-2)13-19(11-15)40-3)32-35(25(37)24(20)34)22-12-16(33-8-6-17(36)14-33)4-5-21(22)27(28,29)30/h4-5,10-13,17,36H,6-9,14H2,1-3H3,(H,31,38)/t17-/m0/s1. The second-order valence-corrected chi connectivity index (χ2v) is 9.54. The number of hydrogen-bond donors (Lipinski definition) is 2. The van der Waals surface area contributed by atoms with Gasteiger partial charge in [-0.15, -0.1) is 0 Å². The number of carbonyl (C=O) groups excluding carboxylic acids is 1. The van der Waals surface area contributed by atoms with Gasteiger partial charge in [0.15, 0.2) is 0 Å². The Bertz CT molecular complexity index is 1500. The second-order valence-electron chi connectivity index (χ2n) is 9.54. The highest BCUT2D eigenvalue weighted by Crippen LogP contribution is 2.39. The highest BCUT2D eigenvalue weighted by molar-refractivity contribution is 5.95. The molecular weight excluding hydrogens is 531 g/mol. The fourth-order valence-electron chi connectivity index (χ4n) is 5.18. The molecular formula is C27H28F3N5O5. The zero-order valence-electron chi connectivity index (χ0n) is 22.1. The van der Waals surface area contributed by atoms with Gasteiger partial charge in [0, 0.05) is 49.6 Å². The van der Waals surface area contributed by atoms with Gasteiger partial charge in [0.1, 0.15) is 17.2 Å². The maximum absolute atomic E-state index is 14.3. The molecule has 1 atom stereocenters. The van der Waals surface area contributed by atoms with E-state index < -0.39 is 35.1 Å². The number of β-amino-alcohol motifs (C(OH)–C–C–N with tert-alkyl or cyclic N) is 1. The van der Waals surface area contributed by atoms with Crippen LogP contribution in [0.15, 0.2) is 41.2 Å². The van der Waals surface area contributed by atoms with Gasteiger partial charge in [-0.3, -0.25) is 9.69 Å². The third-order valence-corrected chi connectivity index (χ3v) is 7.15. The number of nitrogens with one attached hydrogen (secondary N) is 1. The summed E-state index contributed by atoms with van der Waals surface area (Å²) in [5, 5.41) is 16.9. The molecule has 3 heterocycles. The molecule has 0 aliphatic carbocycles. The summed E-state index contributed by atoms with van der Waals surface area (Å²) in [5.41, 5.74) is -0.988. The van der Waals surface area contributed by atoms with E-state index in [9.17, 15) is 27.9 Å². The lowest BCUT2D eigenvalue weighted by Gasteiger charge is -2.23. The molecule has 212 valence electrons. The van der Waals surface area contributed by atoms with Crippen molar-refractivity contribution < 1.29 is 32.5 Å². The molecule has 1 saturated heterocycles. The van der Waals surface area contributed by atoms with Crippen LogP contribution in [0.4, 0.5) is 29.3 Å². The van der Waals surface area contributed by atoms with Crippen molar-refractivity contribution in [2.45, 2.75) is 25.1 Å². The highest BCUT2D eigenvalue weighted by Gasteiger charge is 2.38.